The van der Waals surface area contributed by atoms with Gasteiger partial charge in [-0.2, -0.15) is 5.26 Å². The number of amides is 1. The number of hydrogen-bond acceptors (Lipinski definition) is 9. The van der Waals surface area contributed by atoms with Gasteiger partial charge in [0, 0.05) is 16.8 Å². The molecule has 9 nitrogen and oxygen atoms in total. The molecule has 0 radical (unpaired) electrons. The average Bonchev–Trinajstić information content (AvgIpc) is 3.44. The van der Waals surface area contributed by atoms with Crippen LogP contribution in [0.3, 0.4) is 0 Å². The molecule has 0 saturated carbocycles. The summed E-state index contributed by atoms with van der Waals surface area (Å²) >= 11 is 1.25. The lowest BCUT2D eigenvalue weighted by Gasteiger charge is -2.21. The number of aromatic hydroxyl groups is 1. The topological polar surface area (TPSA) is 150 Å². The Labute approximate surface area is 217 Å². The van der Waals surface area contributed by atoms with E-state index in [1.165, 1.54) is 31.4 Å². The molecule has 186 valence electrons. The van der Waals surface area contributed by atoms with Gasteiger partial charge in [0.2, 0.25) is 0 Å². The molecular formula is C27H23N5O4S. The number of hydrogen-bond donors (Lipinski definition) is 4. The number of phenols is 1. The molecule has 2 heterocycles. The molecule has 37 heavy (non-hydrogen) atoms. The van der Waals surface area contributed by atoms with Crippen molar-refractivity contribution < 1.29 is 19.4 Å². The number of benzene rings is 2. The van der Waals surface area contributed by atoms with Crippen molar-refractivity contribution in [3.63, 3.8) is 0 Å². The van der Waals surface area contributed by atoms with E-state index in [-0.39, 0.29) is 17.1 Å². The van der Waals surface area contributed by atoms with Gasteiger partial charge in [-0.05, 0) is 60.3 Å². The van der Waals surface area contributed by atoms with E-state index in [1.54, 1.807) is 60.0 Å². The Balaban J connectivity index is 1.91. The van der Waals surface area contributed by atoms with Gasteiger partial charge in [0.05, 0.1) is 17.7 Å². The van der Waals surface area contributed by atoms with E-state index < -0.39 is 11.6 Å². The minimum atomic E-state index is -1.30. The van der Waals surface area contributed by atoms with Gasteiger partial charge < -0.3 is 26.2 Å². The van der Waals surface area contributed by atoms with Crippen molar-refractivity contribution in [3.8, 4) is 40.0 Å². The smallest absolute Gasteiger partial charge is 0.266 e. The van der Waals surface area contributed by atoms with Gasteiger partial charge in [0.25, 0.3) is 5.91 Å². The molecule has 0 aliphatic rings. The zero-order valence-electron chi connectivity index (χ0n) is 20.0. The summed E-state index contributed by atoms with van der Waals surface area (Å²) in [4.78, 5) is 29.2. The Bertz CT molecular complexity index is 1510. The minimum absolute atomic E-state index is 0.0329. The number of aldehydes is 1. The number of nitrogens with one attached hydrogen (secondary N) is 2. The van der Waals surface area contributed by atoms with Crippen molar-refractivity contribution >= 4 is 35.0 Å². The fraction of sp³-hybridized carbons (Fsp3) is 0.111. The quantitative estimate of drug-likeness (QED) is 0.197. The van der Waals surface area contributed by atoms with Crippen LogP contribution < -0.4 is 21.1 Å². The molecule has 0 spiro atoms. The van der Waals surface area contributed by atoms with Crippen molar-refractivity contribution in [3.05, 3.63) is 76.5 Å². The van der Waals surface area contributed by atoms with Crippen LogP contribution in [0.15, 0.2) is 66.0 Å². The van der Waals surface area contributed by atoms with Crippen molar-refractivity contribution in [2.45, 2.75) is 12.6 Å². The van der Waals surface area contributed by atoms with E-state index in [0.717, 1.165) is 0 Å². The van der Waals surface area contributed by atoms with Crippen molar-refractivity contribution in [2.75, 3.05) is 17.7 Å². The number of ether oxygens (including phenoxy) is 1. The molecule has 0 aliphatic heterocycles. The third-order valence-corrected chi connectivity index (χ3v) is 6.29. The molecule has 4 aromatic rings. The number of anilines is 2. The first kappa shape index (κ1) is 25.4. The van der Waals surface area contributed by atoms with Crippen LogP contribution in [0.5, 0.6) is 11.5 Å². The SMILES string of the molecule is COc1ccc(O)c(-c2cc(-c3cccc(N[C@](C)(N)C=O)c3)c(C#N)c(NC(=O)c3cccs3)n2)c1. The van der Waals surface area contributed by atoms with E-state index in [1.807, 2.05) is 0 Å². The Morgan fingerprint density at radius 1 is 1.19 bits per heavy atom. The van der Waals surface area contributed by atoms with Gasteiger partial charge in [0.1, 0.15) is 28.8 Å². The molecule has 1 amide bonds. The Hall–Kier alpha value is -4.72. The largest absolute Gasteiger partial charge is 0.507 e. The number of methoxy groups -OCH3 is 1. The van der Waals surface area contributed by atoms with Crippen LogP contribution in [0.2, 0.25) is 0 Å². The summed E-state index contributed by atoms with van der Waals surface area (Å²) in [6.45, 7) is 1.53. The first-order chi connectivity index (χ1) is 17.7. The van der Waals surface area contributed by atoms with Gasteiger partial charge in [0.15, 0.2) is 12.1 Å². The standard InChI is InChI=1S/C27H23N5O4S/c1-27(29,15-33)32-17-6-3-5-16(11-17)19-13-22(20-12-18(36-2)8-9-23(20)34)30-25(21(19)14-28)31-26(35)24-7-4-10-37-24/h3-13,15,32,34H,29H2,1-2H3,(H,30,31,35)/t27-/m0/s1. The second kappa shape index (κ2) is 10.5. The average molecular weight is 514 g/mol. The number of carbonyl (C=O) groups excluding carboxylic acids is 2. The molecule has 2 aromatic heterocycles. The summed E-state index contributed by atoms with van der Waals surface area (Å²) in [5.74, 6) is 0.0505. The third-order valence-electron chi connectivity index (χ3n) is 5.42. The van der Waals surface area contributed by atoms with E-state index in [9.17, 15) is 20.0 Å². The molecule has 0 saturated heterocycles. The number of thiophene rings is 1. The fourth-order valence-corrected chi connectivity index (χ4v) is 4.26. The van der Waals surface area contributed by atoms with Gasteiger partial charge in [-0.15, -0.1) is 11.3 Å². The number of pyridine rings is 1. The van der Waals surface area contributed by atoms with Crippen LogP contribution in [0.4, 0.5) is 11.5 Å². The summed E-state index contributed by atoms with van der Waals surface area (Å²) in [6.07, 6.45) is 0.592. The molecular weight excluding hydrogens is 490 g/mol. The molecule has 1 atom stereocenters. The second-order valence-corrected chi connectivity index (χ2v) is 9.26. The number of rotatable bonds is 8. The van der Waals surface area contributed by atoms with Crippen LogP contribution in [0.25, 0.3) is 22.4 Å². The Kier molecular flexibility index (Phi) is 7.20. The highest BCUT2D eigenvalue weighted by atomic mass is 32.1. The summed E-state index contributed by atoms with van der Waals surface area (Å²) in [5.41, 5.74) is 7.01. The first-order valence-electron chi connectivity index (χ1n) is 11.1. The Morgan fingerprint density at radius 3 is 2.68 bits per heavy atom. The lowest BCUT2D eigenvalue weighted by molar-refractivity contribution is -0.111. The first-order valence-corrected chi connectivity index (χ1v) is 11.9. The maximum Gasteiger partial charge on any atom is 0.266 e. The highest BCUT2D eigenvalue weighted by Crippen LogP contribution is 2.38. The van der Waals surface area contributed by atoms with Gasteiger partial charge >= 0.3 is 0 Å². The van der Waals surface area contributed by atoms with E-state index in [0.29, 0.717) is 45.0 Å². The van der Waals surface area contributed by atoms with Crippen LogP contribution in [0, 0.1) is 11.3 Å². The summed E-state index contributed by atoms with van der Waals surface area (Å²) in [6, 6.07) is 18.9. The highest BCUT2D eigenvalue weighted by Gasteiger charge is 2.21. The molecule has 4 rings (SSSR count). The lowest BCUT2D eigenvalue weighted by atomic mass is 9.97. The maximum absolute atomic E-state index is 12.9. The zero-order valence-corrected chi connectivity index (χ0v) is 20.8. The number of aromatic nitrogens is 1. The van der Waals surface area contributed by atoms with Crippen molar-refractivity contribution in [2.24, 2.45) is 5.73 Å². The van der Waals surface area contributed by atoms with Crippen LogP contribution in [0.1, 0.15) is 22.2 Å². The number of nitriles is 1. The third kappa shape index (κ3) is 5.59. The minimum Gasteiger partial charge on any atom is -0.507 e. The van der Waals surface area contributed by atoms with E-state index in [2.05, 4.69) is 21.7 Å². The van der Waals surface area contributed by atoms with Gasteiger partial charge in [-0.25, -0.2) is 4.98 Å². The molecule has 0 unspecified atom stereocenters. The van der Waals surface area contributed by atoms with Crippen LogP contribution >= 0.6 is 11.3 Å². The van der Waals surface area contributed by atoms with Crippen LogP contribution in [-0.4, -0.2) is 35.1 Å². The molecule has 10 heteroatoms. The number of nitrogens with two attached hydrogens (primary N) is 1. The molecule has 0 fully saturated rings. The normalized spacial score (nSPS) is 12.2. The highest BCUT2D eigenvalue weighted by molar-refractivity contribution is 7.12. The van der Waals surface area contributed by atoms with E-state index in [4.69, 9.17) is 10.5 Å². The maximum atomic E-state index is 12.9. The second-order valence-electron chi connectivity index (χ2n) is 8.31. The number of nitrogens with zero attached hydrogens (tertiary/aromatic N) is 2. The summed E-state index contributed by atoms with van der Waals surface area (Å²) < 4.78 is 5.30. The number of phenolic OH excluding ortho intramolecular Hbond substituents is 1. The molecule has 0 aliphatic carbocycles. The van der Waals surface area contributed by atoms with E-state index >= 15 is 0 Å². The Morgan fingerprint density at radius 2 is 2.00 bits per heavy atom. The summed E-state index contributed by atoms with van der Waals surface area (Å²) in [7, 11) is 1.50. The van der Waals surface area contributed by atoms with Crippen LogP contribution in [-0.2, 0) is 4.79 Å². The predicted octanol–water partition coefficient (Wildman–Crippen LogP) is 4.60. The van der Waals surface area contributed by atoms with Gasteiger partial charge in [-0.1, -0.05) is 18.2 Å². The summed E-state index contributed by atoms with van der Waals surface area (Å²) in [5, 5.41) is 28.1. The molecule has 0 bridgehead atoms. The molecule has 5 N–H and O–H groups in total. The lowest BCUT2D eigenvalue weighted by Crippen LogP contribution is -2.46. The monoisotopic (exact) mass is 513 g/mol. The van der Waals surface area contributed by atoms with Crippen molar-refractivity contribution in [1.82, 2.24) is 4.98 Å². The van der Waals surface area contributed by atoms with Gasteiger partial charge in [-0.3, -0.25) is 9.59 Å². The molecule has 2 aromatic carbocycles. The zero-order chi connectivity index (χ0) is 26.6. The fourth-order valence-electron chi connectivity index (χ4n) is 3.64. The predicted molar refractivity (Wildman–Crippen MR) is 143 cm³/mol. The van der Waals surface area contributed by atoms with Crippen molar-refractivity contribution in [1.29, 1.82) is 5.26 Å². The number of carbonyl (C=O) groups is 2.